The molecule has 1 aromatic carbocycles. The van der Waals surface area contributed by atoms with Crippen molar-refractivity contribution in [3.05, 3.63) is 35.4 Å². The Kier molecular flexibility index (Phi) is 16.3. The van der Waals surface area contributed by atoms with Gasteiger partial charge in [0.05, 0.1) is 12.1 Å². The number of hydrogen-bond acceptors (Lipinski definition) is 5. The van der Waals surface area contributed by atoms with E-state index in [2.05, 4.69) is 12.2 Å². The molecule has 1 saturated heterocycles. The summed E-state index contributed by atoms with van der Waals surface area (Å²) in [5.41, 5.74) is -0.613. The summed E-state index contributed by atoms with van der Waals surface area (Å²) in [5.74, 6) is -3.89. The predicted molar refractivity (Wildman–Crippen MR) is 169 cm³/mol. The lowest BCUT2D eigenvalue weighted by Crippen LogP contribution is -2.58. The van der Waals surface area contributed by atoms with Gasteiger partial charge in [-0.3, -0.25) is 29.5 Å². The minimum absolute atomic E-state index is 0.00636. The van der Waals surface area contributed by atoms with E-state index in [9.17, 15) is 32.3 Å². The number of amides is 4. The molecule has 252 valence electrons. The highest BCUT2D eigenvalue weighted by atomic mass is 19.4. The molecule has 2 rings (SSSR count). The first-order valence-electron chi connectivity index (χ1n) is 16.7. The van der Waals surface area contributed by atoms with Gasteiger partial charge in [0, 0.05) is 24.0 Å². The predicted octanol–water partition coefficient (Wildman–Crippen LogP) is 7.59. The zero-order valence-corrected chi connectivity index (χ0v) is 27.0. The van der Waals surface area contributed by atoms with Crippen molar-refractivity contribution in [2.75, 3.05) is 6.54 Å². The van der Waals surface area contributed by atoms with Gasteiger partial charge >= 0.3 is 12.1 Å². The highest BCUT2D eigenvalue weighted by Crippen LogP contribution is 2.27. The van der Waals surface area contributed by atoms with Crippen molar-refractivity contribution in [3.8, 4) is 0 Å². The number of rotatable bonds is 20. The van der Waals surface area contributed by atoms with Gasteiger partial charge in [-0.2, -0.15) is 13.2 Å². The molecule has 1 heterocycles. The Hall–Kier alpha value is -3.24. The molecular formula is C34H51F3N4O4. The van der Waals surface area contributed by atoms with Crippen molar-refractivity contribution in [2.24, 2.45) is 0 Å². The summed E-state index contributed by atoms with van der Waals surface area (Å²) in [6.45, 7) is 4.35. The van der Waals surface area contributed by atoms with E-state index in [1.54, 1.807) is 0 Å². The molecule has 1 aliphatic heterocycles. The van der Waals surface area contributed by atoms with Crippen molar-refractivity contribution in [1.82, 2.24) is 15.5 Å². The molecule has 0 aliphatic carbocycles. The molecule has 0 aromatic heterocycles. The fraction of sp³-hybridized carbons (Fsp3) is 0.676. The SMILES string of the molecule is CCCCCCCCCCCCCC(CCCC)(CN1C(=O)CCCC1=O)NC(=O)c1ccc(C(=N)NC(=O)C(F)(F)F)cc1. The van der Waals surface area contributed by atoms with Crippen LogP contribution in [0.4, 0.5) is 13.2 Å². The Balaban J connectivity index is 2.12. The molecule has 0 radical (unpaired) electrons. The molecule has 3 N–H and O–H groups in total. The highest BCUT2D eigenvalue weighted by molar-refractivity contribution is 6.08. The van der Waals surface area contributed by atoms with Crippen molar-refractivity contribution < 1.29 is 32.3 Å². The summed E-state index contributed by atoms with van der Waals surface area (Å²) >= 11 is 0. The van der Waals surface area contributed by atoms with Crippen LogP contribution in [0.15, 0.2) is 24.3 Å². The van der Waals surface area contributed by atoms with E-state index in [1.165, 1.54) is 79.4 Å². The summed E-state index contributed by atoms with van der Waals surface area (Å²) in [4.78, 5) is 51.6. The fourth-order valence-corrected chi connectivity index (χ4v) is 5.73. The third kappa shape index (κ3) is 13.3. The van der Waals surface area contributed by atoms with Gasteiger partial charge in [-0.25, -0.2) is 0 Å². The molecule has 11 heteroatoms. The molecule has 1 aromatic rings. The number of imide groups is 1. The largest absolute Gasteiger partial charge is 0.471 e. The van der Waals surface area contributed by atoms with Crippen LogP contribution in [0.25, 0.3) is 0 Å². The number of nitrogens with one attached hydrogen (secondary N) is 3. The number of carbonyl (C=O) groups is 4. The molecule has 1 unspecified atom stereocenters. The number of benzene rings is 1. The molecule has 45 heavy (non-hydrogen) atoms. The Bertz CT molecular complexity index is 1110. The van der Waals surface area contributed by atoms with E-state index in [0.717, 1.165) is 38.5 Å². The van der Waals surface area contributed by atoms with Crippen LogP contribution in [0.5, 0.6) is 0 Å². The summed E-state index contributed by atoms with van der Waals surface area (Å²) in [7, 11) is 0. The number of nitrogens with zero attached hydrogens (tertiary/aromatic N) is 1. The first kappa shape index (κ1) is 37.9. The average molecular weight is 637 g/mol. The van der Waals surface area contributed by atoms with Gasteiger partial charge in [0.25, 0.3) is 5.91 Å². The van der Waals surface area contributed by atoms with Crippen LogP contribution >= 0.6 is 0 Å². The van der Waals surface area contributed by atoms with E-state index in [1.807, 2.05) is 6.92 Å². The maximum atomic E-state index is 13.5. The number of amidine groups is 1. The maximum absolute atomic E-state index is 13.5. The highest BCUT2D eigenvalue weighted by Gasteiger charge is 2.40. The standard InChI is InChI=1S/C34H51F3N4O4/c1-3-5-7-8-9-10-11-12-13-14-15-24-33(23-6-4-2,25-41-28(42)17-16-18-29(41)43)40-31(44)27-21-19-26(20-22-27)30(38)39-32(45)34(35,36)37/h19-22H,3-18,23-25H2,1-2H3,(H,40,44)(H2,38,39,45). The lowest BCUT2D eigenvalue weighted by Gasteiger charge is -2.40. The normalized spacial score (nSPS) is 15.1. The smallest absolute Gasteiger partial charge is 0.345 e. The Morgan fingerprint density at radius 3 is 1.73 bits per heavy atom. The van der Waals surface area contributed by atoms with Crippen molar-refractivity contribution >= 4 is 29.5 Å². The minimum Gasteiger partial charge on any atom is -0.345 e. The monoisotopic (exact) mass is 636 g/mol. The fourth-order valence-electron chi connectivity index (χ4n) is 5.73. The van der Waals surface area contributed by atoms with Gasteiger partial charge in [-0.15, -0.1) is 0 Å². The summed E-state index contributed by atoms with van der Waals surface area (Å²) in [5, 5.41) is 12.5. The second-order valence-electron chi connectivity index (χ2n) is 12.3. The number of halogens is 3. The molecule has 1 aliphatic rings. The zero-order valence-electron chi connectivity index (χ0n) is 27.0. The lowest BCUT2D eigenvalue weighted by atomic mass is 9.84. The quantitative estimate of drug-likeness (QED) is 0.0591. The van der Waals surface area contributed by atoms with Crippen LogP contribution < -0.4 is 10.6 Å². The number of alkyl halides is 3. The molecule has 1 fully saturated rings. The molecular weight excluding hydrogens is 585 g/mol. The van der Waals surface area contributed by atoms with E-state index in [-0.39, 0.29) is 29.5 Å². The van der Waals surface area contributed by atoms with E-state index >= 15 is 0 Å². The Morgan fingerprint density at radius 2 is 1.22 bits per heavy atom. The van der Waals surface area contributed by atoms with Crippen molar-refractivity contribution in [2.45, 2.75) is 141 Å². The summed E-state index contributed by atoms with van der Waals surface area (Å²) < 4.78 is 37.7. The number of unbranched alkanes of at least 4 members (excludes halogenated alkanes) is 11. The number of hydrogen-bond donors (Lipinski definition) is 3. The third-order valence-corrected chi connectivity index (χ3v) is 8.42. The van der Waals surface area contributed by atoms with Crippen LogP contribution in [-0.2, 0) is 14.4 Å². The van der Waals surface area contributed by atoms with E-state index in [4.69, 9.17) is 5.41 Å². The minimum atomic E-state index is -5.13. The van der Waals surface area contributed by atoms with E-state index < -0.39 is 29.4 Å². The van der Waals surface area contributed by atoms with E-state index in [0.29, 0.717) is 32.1 Å². The molecule has 1 atom stereocenters. The second kappa shape index (κ2) is 19.3. The van der Waals surface area contributed by atoms with Crippen molar-refractivity contribution in [1.29, 1.82) is 5.41 Å². The van der Waals surface area contributed by atoms with Gasteiger partial charge in [-0.05, 0) is 31.4 Å². The maximum Gasteiger partial charge on any atom is 0.471 e. The van der Waals surface area contributed by atoms with Gasteiger partial charge in [0.1, 0.15) is 5.84 Å². The first-order chi connectivity index (χ1) is 21.4. The number of likely N-dealkylation sites (tertiary alicyclic amines) is 1. The van der Waals surface area contributed by atoms with Gasteiger partial charge in [0.15, 0.2) is 0 Å². The topological polar surface area (TPSA) is 119 Å². The number of carbonyl (C=O) groups excluding carboxylic acids is 4. The van der Waals surface area contributed by atoms with Crippen LogP contribution in [-0.4, -0.2) is 52.6 Å². The Labute approximate surface area is 265 Å². The van der Waals surface area contributed by atoms with Gasteiger partial charge in [-0.1, -0.05) is 109 Å². The molecule has 8 nitrogen and oxygen atoms in total. The zero-order chi connectivity index (χ0) is 33.3. The molecule has 0 bridgehead atoms. The molecule has 4 amide bonds. The molecule has 0 saturated carbocycles. The van der Waals surface area contributed by atoms with Crippen LogP contribution in [0, 0.1) is 5.41 Å². The van der Waals surface area contributed by atoms with Crippen LogP contribution in [0.3, 0.4) is 0 Å². The van der Waals surface area contributed by atoms with Crippen molar-refractivity contribution in [3.63, 3.8) is 0 Å². The van der Waals surface area contributed by atoms with Crippen LogP contribution in [0.2, 0.25) is 0 Å². The second-order valence-corrected chi connectivity index (χ2v) is 12.3. The van der Waals surface area contributed by atoms with Gasteiger partial charge in [0.2, 0.25) is 11.8 Å². The number of piperidine rings is 1. The first-order valence-corrected chi connectivity index (χ1v) is 16.7. The van der Waals surface area contributed by atoms with Gasteiger partial charge < -0.3 is 10.6 Å². The van der Waals surface area contributed by atoms with Crippen LogP contribution in [0.1, 0.15) is 145 Å². The third-order valence-electron chi connectivity index (χ3n) is 8.42. The Morgan fingerprint density at radius 1 is 0.756 bits per heavy atom. The average Bonchev–Trinajstić information content (AvgIpc) is 3.00. The summed E-state index contributed by atoms with van der Waals surface area (Å²) in [6.07, 6.45) is 11.7. The summed E-state index contributed by atoms with van der Waals surface area (Å²) in [6, 6.07) is 5.35. The molecule has 0 spiro atoms. The lowest BCUT2D eigenvalue weighted by molar-refractivity contribution is -0.171.